The predicted octanol–water partition coefficient (Wildman–Crippen LogP) is 1.67. The molecule has 0 spiro atoms. The topological polar surface area (TPSA) is 60.2 Å². The van der Waals surface area contributed by atoms with Crippen molar-refractivity contribution in [3.8, 4) is 5.88 Å². The molecule has 1 unspecified atom stereocenters. The predicted molar refractivity (Wildman–Crippen MR) is 65.8 cm³/mol. The van der Waals surface area contributed by atoms with Crippen molar-refractivity contribution >= 4 is 15.9 Å². The number of methoxy groups -OCH3 is 1. The molecule has 2 heterocycles. The molecule has 5 nitrogen and oxygen atoms in total. The summed E-state index contributed by atoms with van der Waals surface area (Å²) in [5.41, 5.74) is 1.27. The van der Waals surface area contributed by atoms with Gasteiger partial charge >= 0.3 is 0 Å². The van der Waals surface area contributed by atoms with Crippen LogP contribution >= 0.6 is 15.9 Å². The summed E-state index contributed by atoms with van der Waals surface area (Å²) in [6, 6.07) is 3.53. The molecule has 6 heteroatoms. The molecule has 0 aromatic carbocycles. The van der Waals surface area contributed by atoms with Gasteiger partial charge in [-0.05, 0) is 28.1 Å². The number of ether oxygens (including phenoxy) is 1. The molecule has 0 aliphatic heterocycles. The van der Waals surface area contributed by atoms with E-state index in [1.54, 1.807) is 36.3 Å². The van der Waals surface area contributed by atoms with Gasteiger partial charge in [0.05, 0.1) is 23.5 Å². The van der Waals surface area contributed by atoms with Crippen LogP contribution in [0.5, 0.6) is 5.88 Å². The van der Waals surface area contributed by atoms with E-state index in [2.05, 4.69) is 26.0 Å². The molecule has 0 fully saturated rings. The second kappa shape index (κ2) is 4.85. The summed E-state index contributed by atoms with van der Waals surface area (Å²) in [5.74, 6) is 0.410. The number of hydrogen-bond donors (Lipinski definition) is 1. The average Bonchev–Trinajstić information content (AvgIpc) is 2.68. The molecule has 1 atom stereocenters. The Morgan fingerprint density at radius 2 is 2.29 bits per heavy atom. The monoisotopic (exact) mass is 297 g/mol. The number of pyridine rings is 1. The molecule has 0 amide bonds. The first-order valence-electron chi connectivity index (χ1n) is 4.99. The highest BCUT2D eigenvalue weighted by atomic mass is 79.9. The number of aryl methyl sites for hydroxylation is 1. The van der Waals surface area contributed by atoms with Gasteiger partial charge in [-0.15, -0.1) is 0 Å². The summed E-state index contributed by atoms with van der Waals surface area (Å²) >= 11 is 3.36. The number of aromatic nitrogens is 3. The van der Waals surface area contributed by atoms with E-state index in [1.807, 2.05) is 0 Å². The molecule has 0 radical (unpaired) electrons. The molecule has 2 aromatic heterocycles. The van der Waals surface area contributed by atoms with Crippen molar-refractivity contribution in [1.82, 2.24) is 14.8 Å². The van der Waals surface area contributed by atoms with Gasteiger partial charge in [-0.2, -0.15) is 5.10 Å². The highest BCUT2D eigenvalue weighted by molar-refractivity contribution is 9.10. The Morgan fingerprint density at radius 1 is 1.53 bits per heavy atom. The van der Waals surface area contributed by atoms with Gasteiger partial charge in [-0.25, -0.2) is 4.98 Å². The highest BCUT2D eigenvalue weighted by Gasteiger charge is 2.21. The second-order valence-electron chi connectivity index (χ2n) is 3.51. The molecule has 17 heavy (non-hydrogen) atoms. The first-order valence-corrected chi connectivity index (χ1v) is 5.78. The summed E-state index contributed by atoms with van der Waals surface area (Å²) in [6.07, 6.45) is 2.43. The third kappa shape index (κ3) is 2.18. The fourth-order valence-electron chi connectivity index (χ4n) is 1.66. The average molecular weight is 298 g/mol. The van der Waals surface area contributed by atoms with Crippen molar-refractivity contribution < 1.29 is 9.84 Å². The van der Waals surface area contributed by atoms with Gasteiger partial charge in [0.25, 0.3) is 0 Å². The summed E-state index contributed by atoms with van der Waals surface area (Å²) in [7, 11) is 3.29. The zero-order valence-electron chi connectivity index (χ0n) is 9.46. The van der Waals surface area contributed by atoms with Gasteiger partial charge in [0.1, 0.15) is 6.10 Å². The van der Waals surface area contributed by atoms with Crippen LogP contribution in [0.1, 0.15) is 17.4 Å². The largest absolute Gasteiger partial charge is 0.481 e. The number of rotatable bonds is 3. The molecule has 0 saturated carbocycles. The molecular weight excluding hydrogens is 286 g/mol. The van der Waals surface area contributed by atoms with E-state index >= 15 is 0 Å². The minimum atomic E-state index is -0.833. The van der Waals surface area contributed by atoms with Crippen LogP contribution in [0.2, 0.25) is 0 Å². The van der Waals surface area contributed by atoms with E-state index in [1.165, 1.54) is 7.11 Å². The second-order valence-corrected chi connectivity index (χ2v) is 4.36. The van der Waals surface area contributed by atoms with Gasteiger partial charge in [0.2, 0.25) is 5.88 Å². The molecule has 0 saturated heterocycles. The van der Waals surface area contributed by atoms with Crippen molar-refractivity contribution in [2.75, 3.05) is 7.11 Å². The van der Waals surface area contributed by atoms with Crippen LogP contribution in [0.15, 0.2) is 29.0 Å². The van der Waals surface area contributed by atoms with Gasteiger partial charge in [0, 0.05) is 18.8 Å². The Morgan fingerprint density at radius 3 is 2.88 bits per heavy atom. The maximum atomic E-state index is 10.3. The fraction of sp³-hybridized carbons (Fsp3) is 0.273. The minimum absolute atomic E-state index is 0.410. The number of halogens is 1. The minimum Gasteiger partial charge on any atom is -0.481 e. The van der Waals surface area contributed by atoms with Crippen LogP contribution in [0.4, 0.5) is 0 Å². The van der Waals surface area contributed by atoms with Crippen LogP contribution in [-0.2, 0) is 7.05 Å². The first kappa shape index (κ1) is 12.1. The maximum Gasteiger partial charge on any atom is 0.219 e. The number of nitrogens with zero attached hydrogens (tertiary/aromatic N) is 3. The molecule has 90 valence electrons. The number of aliphatic hydroxyl groups excluding tert-OH is 1. The lowest BCUT2D eigenvalue weighted by Gasteiger charge is -2.14. The maximum absolute atomic E-state index is 10.3. The molecule has 2 aromatic rings. The third-order valence-corrected chi connectivity index (χ3v) is 3.10. The molecule has 0 aliphatic carbocycles. The van der Waals surface area contributed by atoms with Crippen LogP contribution in [-0.4, -0.2) is 27.0 Å². The Labute approximate surface area is 107 Å². The fourth-order valence-corrected chi connectivity index (χ4v) is 2.22. The standard InChI is InChI=1S/C11H12BrN3O2/c1-15-9(8(12)6-14-15)10(16)7-4-3-5-13-11(7)17-2/h3-6,10,16H,1-2H3. The van der Waals surface area contributed by atoms with Gasteiger partial charge < -0.3 is 9.84 Å². The van der Waals surface area contributed by atoms with E-state index in [-0.39, 0.29) is 0 Å². The normalized spacial score (nSPS) is 12.5. The SMILES string of the molecule is COc1ncccc1C(O)c1c(Br)cnn1C. The summed E-state index contributed by atoms with van der Waals surface area (Å²) < 4.78 is 7.49. The summed E-state index contributed by atoms with van der Waals surface area (Å²) in [5, 5.41) is 14.4. The zero-order chi connectivity index (χ0) is 12.4. The van der Waals surface area contributed by atoms with Crippen LogP contribution in [0, 0.1) is 0 Å². The Hall–Kier alpha value is -1.40. The van der Waals surface area contributed by atoms with Crippen molar-refractivity contribution in [3.05, 3.63) is 40.3 Å². The lowest BCUT2D eigenvalue weighted by atomic mass is 10.1. The first-order chi connectivity index (χ1) is 8.15. The third-order valence-electron chi connectivity index (χ3n) is 2.49. The number of aliphatic hydroxyl groups is 1. The van der Waals surface area contributed by atoms with Gasteiger partial charge in [-0.1, -0.05) is 0 Å². The zero-order valence-corrected chi connectivity index (χ0v) is 11.0. The summed E-state index contributed by atoms with van der Waals surface area (Å²) in [4.78, 5) is 4.06. The molecular formula is C11H12BrN3O2. The smallest absolute Gasteiger partial charge is 0.219 e. The molecule has 0 aliphatic rings. The van der Waals surface area contributed by atoms with Crippen LogP contribution in [0.25, 0.3) is 0 Å². The van der Waals surface area contributed by atoms with Crippen LogP contribution < -0.4 is 4.74 Å². The molecule has 1 N–H and O–H groups in total. The lowest BCUT2D eigenvalue weighted by Crippen LogP contribution is -2.09. The van der Waals surface area contributed by atoms with E-state index in [0.717, 1.165) is 4.47 Å². The van der Waals surface area contributed by atoms with Crippen molar-refractivity contribution in [3.63, 3.8) is 0 Å². The van der Waals surface area contributed by atoms with E-state index < -0.39 is 6.10 Å². The van der Waals surface area contributed by atoms with Gasteiger partial charge in [0.15, 0.2) is 0 Å². The van der Waals surface area contributed by atoms with Crippen molar-refractivity contribution in [2.24, 2.45) is 7.05 Å². The Balaban J connectivity index is 2.47. The van der Waals surface area contributed by atoms with Crippen LogP contribution in [0.3, 0.4) is 0 Å². The highest BCUT2D eigenvalue weighted by Crippen LogP contribution is 2.31. The molecule has 2 rings (SSSR count). The molecule has 0 bridgehead atoms. The van der Waals surface area contributed by atoms with Gasteiger partial charge in [-0.3, -0.25) is 4.68 Å². The number of hydrogen-bond acceptors (Lipinski definition) is 4. The summed E-state index contributed by atoms with van der Waals surface area (Å²) in [6.45, 7) is 0. The van der Waals surface area contributed by atoms with Crippen molar-refractivity contribution in [2.45, 2.75) is 6.10 Å². The van der Waals surface area contributed by atoms with E-state index in [9.17, 15) is 5.11 Å². The quantitative estimate of drug-likeness (QED) is 0.936. The van der Waals surface area contributed by atoms with E-state index in [0.29, 0.717) is 17.1 Å². The Bertz CT molecular complexity index is 508. The van der Waals surface area contributed by atoms with Crippen molar-refractivity contribution in [1.29, 1.82) is 0 Å². The Kier molecular flexibility index (Phi) is 3.44. The van der Waals surface area contributed by atoms with E-state index in [4.69, 9.17) is 4.74 Å². The lowest BCUT2D eigenvalue weighted by molar-refractivity contribution is 0.202.